The van der Waals surface area contributed by atoms with Crippen molar-refractivity contribution < 1.29 is 13.9 Å². The summed E-state index contributed by atoms with van der Waals surface area (Å²) in [7, 11) is 1.49. The number of carbonyl (C=O) groups is 1. The van der Waals surface area contributed by atoms with E-state index in [1.165, 1.54) is 19.4 Å². The lowest BCUT2D eigenvalue weighted by atomic mass is 10.0. The van der Waals surface area contributed by atoms with E-state index in [1.807, 2.05) is 30.3 Å². The number of nitrogens with zero attached hydrogens (tertiary/aromatic N) is 2. The number of para-hydroxylation sites is 1. The summed E-state index contributed by atoms with van der Waals surface area (Å²) >= 11 is 0. The summed E-state index contributed by atoms with van der Waals surface area (Å²) in [6.45, 7) is 1.78. The molecule has 3 aromatic rings. The topological polar surface area (TPSA) is 56.1 Å². The van der Waals surface area contributed by atoms with Crippen molar-refractivity contribution in [3.8, 4) is 5.69 Å². The van der Waals surface area contributed by atoms with Crippen LogP contribution in [0.2, 0.25) is 0 Å². The van der Waals surface area contributed by atoms with Gasteiger partial charge in [0.25, 0.3) is 5.91 Å². The van der Waals surface area contributed by atoms with E-state index >= 15 is 0 Å². The molecule has 0 fully saturated rings. The van der Waals surface area contributed by atoms with Crippen molar-refractivity contribution in [2.75, 3.05) is 7.11 Å². The van der Waals surface area contributed by atoms with Crippen LogP contribution in [-0.2, 0) is 4.74 Å². The molecule has 26 heavy (non-hydrogen) atoms. The second kappa shape index (κ2) is 7.93. The smallest absolute Gasteiger partial charge is 0.254 e. The molecule has 134 valence electrons. The summed E-state index contributed by atoms with van der Waals surface area (Å²) in [6.07, 6.45) is 2.56. The van der Waals surface area contributed by atoms with Crippen molar-refractivity contribution in [2.45, 2.75) is 19.1 Å². The molecular weight excluding hydrogens is 333 g/mol. The van der Waals surface area contributed by atoms with Gasteiger partial charge in [0.1, 0.15) is 11.9 Å². The zero-order valence-corrected chi connectivity index (χ0v) is 14.6. The number of benzene rings is 2. The van der Waals surface area contributed by atoms with Gasteiger partial charge >= 0.3 is 0 Å². The predicted molar refractivity (Wildman–Crippen MR) is 96.6 cm³/mol. The van der Waals surface area contributed by atoms with Crippen molar-refractivity contribution in [1.82, 2.24) is 15.1 Å². The summed E-state index contributed by atoms with van der Waals surface area (Å²) in [5.41, 5.74) is 1.69. The van der Waals surface area contributed by atoms with Crippen LogP contribution in [0.25, 0.3) is 5.69 Å². The van der Waals surface area contributed by atoms with E-state index in [-0.39, 0.29) is 11.7 Å². The first kappa shape index (κ1) is 17.8. The second-order valence-corrected chi connectivity index (χ2v) is 5.95. The molecule has 1 N–H and O–H groups in total. The molecule has 3 rings (SSSR count). The largest absolute Gasteiger partial charge is 0.375 e. The first-order chi connectivity index (χ1) is 12.6. The van der Waals surface area contributed by atoms with E-state index in [4.69, 9.17) is 4.74 Å². The molecule has 0 spiro atoms. The number of hydrogen-bond acceptors (Lipinski definition) is 3. The summed E-state index contributed by atoms with van der Waals surface area (Å²) in [5, 5.41) is 7.07. The highest BCUT2D eigenvalue weighted by molar-refractivity contribution is 5.94. The van der Waals surface area contributed by atoms with E-state index in [0.717, 1.165) is 5.69 Å². The Bertz CT molecular complexity index is 880. The van der Waals surface area contributed by atoms with Gasteiger partial charge in [0.15, 0.2) is 0 Å². The van der Waals surface area contributed by atoms with Gasteiger partial charge in [-0.1, -0.05) is 36.4 Å². The van der Waals surface area contributed by atoms with Crippen molar-refractivity contribution >= 4 is 5.91 Å². The fraction of sp³-hybridized carbons (Fsp3) is 0.200. The Morgan fingerprint density at radius 2 is 1.85 bits per heavy atom. The number of ether oxygens (including phenoxy) is 1. The number of halogens is 1. The predicted octanol–water partition coefficient (Wildman–Crippen LogP) is 3.52. The molecule has 2 unspecified atom stereocenters. The first-order valence-electron chi connectivity index (χ1n) is 8.28. The third-order valence-corrected chi connectivity index (χ3v) is 4.14. The number of carbonyl (C=O) groups excluding carboxylic acids is 1. The molecule has 6 heteroatoms. The third-order valence-electron chi connectivity index (χ3n) is 4.14. The molecule has 0 bridgehead atoms. The van der Waals surface area contributed by atoms with Gasteiger partial charge in [-0.15, -0.1) is 0 Å². The molecule has 0 aliphatic rings. The average molecular weight is 353 g/mol. The lowest BCUT2D eigenvalue weighted by Crippen LogP contribution is -2.38. The molecule has 1 aromatic heterocycles. The number of aromatic nitrogens is 2. The molecule has 0 radical (unpaired) electrons. The maximum absolute atomic E-state index is 14.0. The summed E-state index contributed by atoms with van der Waals surface area (Å²) in [6, 6.07) is 15.5. The number of nitrogens with one attached hydrogen (secondary N) is 1. The standard InChI is InChI=1S/C20H20FN3O2/c1-14(19(26-2)17-10-6-7-11-18(17)21)23-20(25)15-12-22-24(13-15)16-8-4-3-5-9-16/h3-14,19H,1-2H3,(H,23,25). The molecule has 1 heterocycles. The van der Waals surface area contributed by atoms with Gasteiger partial charge < -0.3 is 10.1 Å². The van der Waals surface area contributed by atoms with Gasteiger partial charge in [-0.05, 0) is 25.1 Å². The van der Waals surface area contributed by atoms with Gasteiger partial charge in [-0.25, -0.2) is 9.07 Å². The van der Waals surface area contributed by atoms with Crippen LogP contribution in [-0.4, -0.2) is 28.8 Å². The molecule has 1 amide bonds. The molecular formula is C20H20FN3O2. The van der Waals surface area contributed by atoms with Crippen LogP contribution in [0.4, 0.5) is 4.39 Å². The van der Waals surface area contributed by atoms with E-state index in [2.05, 4.69) is 10.4 Å². The first-order valence-corrected chi connectivity index (χ1v) is 8.28. The van der Waals surface area contributed by atoms with Crippen molar-refractivity contribution in [3.63, 3.8) is 0 Å². The Morgan fingerprint density at radius 1 is 1.15 bits per heavy atom. The quantitative estimate of drug-likeness (QED) is 0.738. The minimum absolute atomic E-state index is 0.293. The zero-order valence-electron chi connectivity index (χ0n) is 14.6. The summed E-state index contributed by atoms with van der Waals surface area (Å²) in [5.74, 6) is -0.657. The van der Waals surface area contributed by atoms with Crippen LogP contribution in [0.1, 0.15) is 28.9 Å². The molecule has 0 aliphatic carbocycles. The number of methoxy groups -OCH3 is 1. The van der Waals surface area contributed by atoms with Crippen LogP contribution < -0.4 is 5.32 Å². The Balaban J connectivity index is 1.73. The Labute approximate surface area is 151 Å². The highest BCUT2D eigenvalue weighted by Crippen LogP contribution is 2.23. The van der Waals surface area contributed by atoms with Gasteiger partial charge in [0.05, 0.1) is 23.5 Å². The van der Waals surface area contributed by atoms with Crippen LogP contribution in [0, 0.1) is 5.82 Å². The Kier molecular flexibility index (Phi) is 5.43. The summed E-state index contributed by atoms with van der Waals surface area (Å²) in [4.78, 5) is 12.5. The lowest BCUT2D eigenvalue weighted by molar-refractivity contribution is 0.0625. The number of amides is 1. The van der Waals surface area contributed by atoms with E-state index in [1.54, 1.807) is 36.0 Å². The van der Waals surface area contributed by atoms with Crippen LogP contribution in [0.3, 0.4) is 0 Å². The monoisotopic (exact) mass is 353 g/mol. The molecule has 0 saturated carbocycles. The van der Waals surface area contributed by atoms with Crippen LogP contribution >= 0.6 is 0 Å². The lowest BCUT2D eigenvalue weighted by Gasteiger charge is -2.24. The maximum Gasteiger partial charge on any atom is 0.254 e. The Morgan fingerprint density at radius 3 is 2.54 bits per heavy atom. The van der Waals surface area contributed by atoms with Crippen LogP contribution in [0.5, 0.6) is 0 Å². The highest BCUT2D eigenvalue weighted by atomic mass is 19.1. The van der Waals surface area contributed by atoms with Crippen molar-refractivity contribution in [2.24, 2.45) is 0 Å². The SMILES string of the molecule is COC(c1ccccc1F)C(C)NC(=O)c1cnn(-c2ccccc2)c1. The highest BCUT2D eigenvalue weighted by Gasteiger charge is 2.24. The molecule has 5 nitrogen and oxygen atoms in total. The number of hydrogen-bond donors (Lipinski definition) is 1. The van der Waals surface area contributed by atoms with Crippen LogP contribution in [0.15, 0.2) is 67.0 Å². The third kappa shape index (κ3) is 3.81. The van der Waals surface area contributed by atoms with Gasteiger partial charge in [-0.3, -0.25) is 4.79 Å². The minimum Gasteiger partial charge on any atom is -0.375 e. The number of rotatable bonds is 6. The minimum atomic E-state index is -0.593. The second-order valence-electron chi connectivity index (χ2n) is 5.95. The van der Waals surface area contributed by atoms with Crippen molar-refractivity contribution in [1.29, 1.82) is 0 Å². The van der Waals surface area contributed by atoms with Gasteiger partial charge in [0.2, 0.25) is 0 Å². The van der Waals surface area contributed by atoms with E-state index in [0.29, 0.717) is 11.1 Å². The Hall–Kier alpha value is -2.99. The molecule has 0 saturated heterocycles. The average Bonchev–Trinajstić information content (AvgIpc) is 3.15. The maximum atomic E-state index is 14.0. The van der Waals surface area contributed by atoms with Gasteiger partial charge in [-0.2, -0.15) is 5.10 Å². The molecule has 0 aliphatic heterocycles. The fourth-order valence-electron chi connectivity index (χ4n) is 2.83. The molecule has 2 aromatic carbocycles. The van der Waals surface area contributed by atoms with Crippen molar-refractivity contribution in [3.05, 3.63) is 83.9 Å². The normalized spacial score (nSPS) is 13.2. The zero-order chi connectivity index (χ0) is 18.5. The van der Waals surface area contributed by atoms with Gasteiger partial charge in [0, 0.05) is 18.9 Å². The fourth-order valence-corrected chi connectivity index (χ4v) is 2.83. The molecule has 2 atom stereocenters. The summed E-state index contributed by atoms with van der Waals surface area (Å²) < 4.78 is 21.1. The van der Waals surface area contributed by atoms with E-state index < -0.39 is 12.1 Å². The van der Waals surface area contributed by atoms with E-state index in [9.17, 15) is 9.18 Å².